The van der Waals surface area contributed by atoms with E-state index in [4.69, 9.17) is 14.0 Å². The molecule has 4 rings (SSSR count). The Labute approximate surface area is 175 Å². The van der Waals surface area contributed by atoms with Gasteiger partial charge in [0.25, 0.3) is 5.91 Å². The molecule has 0 spiro atoms. The number of hydrogen-bond acceptors (Lipinski definition) is 6. The summed E-state index contributed by atoms with van der Waals surface area (Å²) in [6, 6.07) is 17.3. The molecule has 0 unspecified atom stereocenters. The standard InChI is InChI=1S/C23H25N3O4/c1-17-21(16-29-20-8-3-2-4-9-20)22(25-30-17)23(27)24-19-7-5-6-18(14-19)15-26-10-12-28-13-11-26/h2-9,14H,10-13,15-16H2,1H3,(H,24,27). The van der Waals surface area contributed by atoms with Gasteiger partial charge in [-0.2, -0.15) is 0 Å². The van der Waals surface area contributed by atoms with E-state index in [-0.39, 0.29) is 18.2 Å². The zero-order chi connectivity index (χ0) is 20.8. The summed E-state index contributed by atoms with van der Waals surface area (Å²) in [4.78, 5) is 15.2. The van der Waals surface area contributed by atoms with Gasteiger partial charge in [0.15, 0.2) is 5.69 Å². The highest BCUT2D eigenvalue weighted by molar-refractivity contribution is 6.03. The molecule has 1 aliphatic heterocycles. The van der Waals surface area contributed by atoms with Crippen molar-refractivity contribution in [3.05, 3.63) is 77.2 Å². The summed E-state index contributed by atoms with van der Waals surface area (Å²) in [6.07, 6.45) is 0. The molecule has 7 nitrogen and oxygen atoms in total. The minimum absolute atomic E-state index is 0.208. The van der Waals surface area contributed by atoms with Crippen LogP contribution in [0.3, 0.4) is 0 Å². The molecule has 1 fully saturated rings. The largest absolute Gasteiger partial charge is 0.489 e. The van der Waals surface area contributed by atoms with Crippen LogP contribution >= 0.6 is 0 Å². The molecule has 1 aromatic heterocycles. The van der Waals surface area contributed by atoms with Crippen molar-refractivity contribution in [2.24, 2.45) is 0 Å². The third-order valence-corrected chi connectivity index (χ3v) is 5.02. The molecule has 0 bridgehead atoms. The van der Waals surface area contributed by atoms with Gasteiger partial charge >= 0.3 is 0 Å². The molecule has 1 aliphatic rings. The first kappa shape index (κ1) is 20.1. The first-order valence-electron chi connectivity index (χ1n) is 10.0. The van der Waals surface area contributed by atoms with Crippen LogP contribution in [0.15, 0.2) is 59.1 Å². The fourth-order valence-electron chi connectivity index (χ4n) is 3.37. The van der Waals surface area contributed by atoms with Gasteiger partial charge < -0.3 is 19.3 Å². The summed E-state index contributed by atoms with van der Waals surface area (Å²) in [6.45, 7) is 6.16. The van der Waals surface area contributed by atoms with E-state index in [1.807, 2.05) is 48.5 Å². The molecule has 156 valence electrons. The molecule has 30 heavy (non-hydrogen) atoms. The van der Waals surface area contributed by atoms with Gasteiger partial charge in [0, 0.05) is 25.3 Å². The van der Waals surface area contributed by atoms with Crippen molar-refractivity contribution in [1.29, 1.82) is 0 Å². The van der Waals surface area contributed by atoms with Crippen LogP contribution in [0, 0.1) is 6.92 Å². The number of nitrogens with zero attached hydrogens (tertiary/aromatic N) is 2. The van der Waals surface area contributed by atoms with Crippen molar-refractivity contribution in [2.75, 3.05) is 31.6 Å². The number of para-hydroxylation sites is 1. The minimum atomic E-state index is -0.318. The first-order chi connectivity index (χ1) is 14.7. The van der Waals surface area contributed by atoms with Crippen LogP contribution in [-0.4, -0.2) is 42.3 Å². The third kappa shape index (κ3) is 5.06. The van der Waals surface area contributed by atoms with Crippen molar-refractivity contribution in [1.82, 2.24) is 10.1 Å². The fourth-order valence-corrected chi connectivity index (χ4v) is 3.37. The lowest BCUT2D eigenvalue weighted by Gasteiger charge is -2.26. The normalized spacial score (nSPS) is 14.4. The van der Waals surface area contributed by atoms with Crippen molar-refractivity contribution < 1.29 is 18.8 Å². The lowest BCUT2D eigenvalue weighted by Crippen LogP contribution is -2.35. The highest BCUT2D eigenvalue weighted by atomic mass is 16.5. The van der Waals surface area contributed by atoms with Gasteiger partial charge in [-0.25, -0.2) is 0 Å². The Morgan fingerprint density at radius 1 is 1.13 bits per heavy atom. The number of carbonyl (C=O) groups excluding carboxylic acids is 1. The number of hydrogen-bond donors (Lipinski definition) is 1. The Kier molecular flexibility index (Phi) is 6.41. The number of amides is 1. The van der Waals surface area contributed by atoms with Crippen molar-refractivity contribution in [2.45, 2.75) is 20.1 Å². The van der Waals surface area contributed by atoms with E-state index in [0.717, 1.165) is 49.8 Å². The smallest absolute Gasteiger partial charge is 0.278 e. The lowest BCUT2D eigenvalue weighted by atomic mass is 10.1. The van der Waals surface area contributed by atoms with Gasteiger partial charge in [0.1, 0.15) is 18.1 Å². The molecule has 1 amide bonds. The second-order valence-corrected chi connectivity index (χ2v) is 7.21. The molecule has 0 radical (unpaired) electrons. The molecular weight excluding hydrogens is 382 g/mol. The van der Waals surface area contributed by atoms with Crippen LogP contribution in [0.5, 0.6) is 5.75 Å². The second-order valence-electron chi connectivity index (χ2n) is 7.21. The topological polar surface area (TPSA) is 76.8 Å². The Bertz CT molecular complexity index is 981. The number of benzene rings is 2. The SMILES string of the molecule is Cc1onc(C(=O)Nc2cccc(CN3CCOCC3)c2)c1COc1ccccc1. The van der Waals surface area contributed by atoms with Gasteiger partial charge in [-0.15, -0.1) is 0 Å². The van der Waals surface area contributed by atoms with Crippen LogP contribution in [0.25, 0.3) is 0 Å². The second kappa shape index (κ2) is 9.56. The van der Waals surface area contributed by atoms with Crippen LogP contribution in [0.1, 0.15) is 27.4 Å². The maximum Gasteiger partial charge on any atom is 0.278 e. The Morgan fingerprint density at radius 3 is 2.73 bits per heavy atom. The van der Waals surface area contributed by atoms with Gasteiger partial charge in [-0.05, 0) is 36.8 Å². The molecule has 2 aromatic carbocycles. The Morgan fingerprint density at radius 2 is 1.93 bits per heavy atom. The third-order valence-electron chi connectivity index (χ3n) is 5.02. The number of morpholine rings is 1. The number of aromatic nitrogens is 1. The van der Waals surface area contributed by atoms with E-state index in [0.29, 0.717) is 11.3 Å². The molecular formula is C23H25N3O4. The van der Waals surface area contributed by atoms with E-state index in [2.05, 4.69) is 21.4 Å². The van der Waals surface area contributed by atoms with Crippen molar-refractivity contribution in [3.8, 4) is 5.75 Å². The zero-order valence-corrected chi connectivity index (χ0v) is 17.0. The number of aryl methyl sites for hydroxylation is 1. The van der Waals surface area contributed by atoms with Gasteiger partial charge in [-0.1, -0.05) is 35.5 Å². The van der Waals surface area contributed by atoms with Gasteiger partial charge in [0.05, 0.1) is 18.8 Å². The fraction of sp³-hybridized carbons (Fsp3) is 0.304. The quantitative estimate of drug-likeness (QED) is 0.644. The summed E-state index contributed by atoms with van der Waals surface area (Å²) < 4.78 is 16.4. The van der Waals surface area contributed by atoms with E-state index >= 15 is 0 Å². The zero-order valence-electron chi connectivity index (χ0n) is 17.0. The van der Waals surface area contributed by atoms with Crippen LogP contribution in [-0.2, 0) is 17.9 Å². The molecule has 3 aromatic rings. The predicted molar refractivity (Wildman–Crippen MR) is 113 cm³/mol. The summed E-state index contributed by atoms with van der Waals surface area (Å²) in [5, 5.41) is 6.88. The lowest BCUT2D eigenvalue weighted by molar-refractivity contribution is 0.0342. The molecule has 2 heterocycles. The summed E-state index contributed by atoms with van der Waals surface area (Å²) in [7, 11) is 0. The van der Waals surface area contributed by atoms with Crippen LogP contribution in [0.4, 0.5) is 5.69 Å². The summed E-state index contributed by atoms with van der Waals surface area (Å²) >= 11 is 0. The molecule has 7 heteroatoms. The Hall–Kier alpha value is -3.16. The maximum absolute atomic E-state index is 12.8. The Balaban J connectivity index is 1.42. The highest BCUT2D eigenvalue weighted by Gasteiger charge is 2.21. The van der Waals surface area contributed by atoms with E-state index in [1.165, 1.54) is 0 Å². The average molecular weight is 407 g/mol. The van der Waals surface area contributed by atoms with Crippen LogP contribution < -0.4 is 10.1 Å². The van der Waals surface area contributed by atoms with Gasteiger partial charge in [-0.3, -0.25) is 9.69 Å². The molecule has 1 N–H and O–H groups in total. The van der Waals surface area contributed by atoms with E-state index < -0.39 is 0 Å². The first-order valence-corrected chi connectivity index (χ1v) is 10.0. The number of nitrogens with one attached hydrogen (secondary N) is 1. The van der Waals surface area contributed by atoms with Crippen molar-refractivity contribution in [3.63, 3.8) is 0 Å². The molecule has 0 aliphatic carbocycles. The predicted octanol–water partition coefficient (Wildman–Crippen LogP) is 3.65. The molecule has 1 saturated heterocycles. The number of carbonyl (C=O) groups is 1. The molecule has 0 atom stereocenters. The number of ether oxygens (including phenoxy) is 2. The minimum Gasteiger partial charge on any atom is -0.489 e. The van der Waals surface area contributed by atoms with E-state index in [9.17, 15) is 4.79 Å². The summed E-state index contributed by atoms with van der Waals surface area (Å²) in [5.41, 5.74) is 2.74. The van der Waals surface area contributed by atoms with Crippen LogP contribution in [0.2, 0.25) is 0 Å². The van der Waals surface area contributed by atoms with Crippen molar-refractivity contribution >= 4 is 11.6 Å². The van der Waals surface area contributed by atoms with E-state index in [1.54, 1.807) is 6.92 Å². The monoisotopic (exact) mass is 407 g/mol. The van der Waals surface area contributed by atoms with Gasteiger partial charge in [0.2, 0.25) is 0 Å². The number of rotatable bonds is 7. The summed E-state index contributed by atoms with van der Waals surface area (Å²) in [5.74, 6) is 0.972. The highest BCUT2D eigenvalue weighted by Crippen LogP contribution is 2.20. The maximum atomic E-state index is 12.8. The molecule has 0 saturated carbocycles. The number of anilines is 1. The average Bonchev–Trinajstić information content (AvgIpc) is 3.14.